The first-order valence-corrected chi connectivity index (χ1v) is 18.9. The van der Waals surface area contributed by atoms with Crippen LogP contribution in [-0.2, 0) is 65.2 Å². The molecule has 3 aliphatic rings. The summed E-state index contributed by atoms with van der Waals surface area (Å²) in [5, 5.41) is 0. The molecule has 0 saturated carbocycles. The maximum Gasteiger partial charge on any atom is 4.00 e. The fourth-order valence-electron chi connectivity index (χ4n) is 4.00. The molecule has 0 atom stereocenters. The van der Waals surface area contributed by atoms with Crippen LogP contribution < -0.4 is 0 Å². The molecule has 63 heavy (non-hydrogen) atoms. The molecule has 0 saturated heterocycles. The summed E-state index contributed by atoms with van der Waals surface area (Å²) < 4.78 is 0. The Kier molecular flexibility index (Phi) is 59.8. The van der Waals surface area contributed by atoms with Gasteiger partial charge in [0, 0.05) is 0 Å². The van der Waals surface area contributed by atoms with E-state index in [9.17, 15) is 0 Å². The van der Waals surface area contributed by atoms with Gasteiger partial charge < -0.3 is 22.3 Å². The molecule has 0 N–H and O–H groups in total. The third kappa shape index (κ3) is 51.8. The van der Waals surface area contributed by atoms with Gasteiger partial charge in [-0.25, -0.2) is 34.9 Å². The van der Waals surface area contributed by atoms with Crippen molar-refractivity contribution in [2.75, 3.05) is 0 Å². The van der Waals surface area contributed by atoms with Crippen LogP contribution in [-0.4, -0.2) is 0 Å². The van der Waals surface area contributed by atoms with Crippen LogP contribution >= 0.6 is 0 Å². The van der Waals surface area contributed by atoms with Crippen LogP contribution in [0.4, 0.5) is 0 Å². The molecule has 0 fully saturated rings. The number of allylic oxidation sites excluding steroid dienone is 12. The zero-order chi connectivity index (χ0) is 41.3. The van der Waals surface area contributed by atoms with Gasteiger partial charge in [0.05, 0.1) is 0 Å². The minimum absolute atomic E-state index is 0. The van der Waals surface area contributed by atoms with Crippen molar-refractivity contribution in [1.29, 1.82) is 0 Å². The van der Waals surface area contributed by atoms with Gasteiger partial charge >= 0.3 is 65.2 Å². The first kappa shape index (κ1) is 70.2. The Labute approximate surface area is 432 Å². The maximum absolute atomic E-state index is 3.72. The first-order chi connectivity index (χ1) is 27.9. The molecule has 9 rings (SSSR count). The number of rotatable bonds is 0. The topological polar surface area (TPSA) is 0 Å². The molecule has 6 aromatic rings. The molecular formula is C60H66Ti3. The van der Waals surface area contributed by atoms with Crippen LogP contribution in [0.15, 0.2) is 235 Å². The molecular weight excluding hydrogens is 864 g/mol. The first-order valence-electron chi connectivity index (χ1n) is 18.9. The van der Waals surface area contributed by atoms with Crippen molar-refractivity contribution < 1.29 is 65.2 Å². The second-order valence-corrected chi connectivity index (χ2v) is 12.1. The minimum Gasteiger partial charge on any atom is -0.358 e. The van der Waals surface area contributed by atoms with Crippen molar-refractivity contribution in [2.24, 2.45) is 0 Å². The summed E-state index contributed by atoms with van der Waals surface area (Å²) in [7, 11) is 0. The average molecular weight is 931 g/mol. The van der Waals surface area contributed by atoms with Gasteiger partial charge in [-0.05, 0) is 0 Å². The van der Waals surface area contributed by atoms with E-state index in [1.807, 2.05) is 182 Å². The van der Waals surface area contributed by atoms with Gasteiger partial charge in [-0.3, -0.25) is 18.2 Å². The van der Waals surface area contributed by atoms with Crippen LogP contribution in [0, 0.1) is 79.5 Å². The SMILES string of the molecule is CC1=[C-]CC=C1.CC1=[C-]CC=C1.CC1=[C-]CC=C1.[CH2-]c1ccccc1.[CH2-]c1ccccc1.[CH2-]c1ccccc1.[CH3-].[CH3-].[CH3-].[Ti+4].[Ti+4].[Ti+4].[c-]1ccccc1.[c-]1ccccc1.[c-]1ccccc1. The Morgan fingerprint density at radius 3 is 0.571 bits per heavy atom. The second kappa shape index (κ2) is 53.6. The summed E-state index contributed by atoms with van der Waals surface area (Å²) in [5.74, 6) is 0. The van der Waals surface area contributed by atoms with E-state index in [1.165, 1.54) is 16.7 Å². The molecule has 3 aliphatic carbocycles. The smallest absolute Gasteiger partial charge is 0.358 e. The molecule has 0 aliphatic heterocycles. The van der Waals surface area contributed by atoms with Crippen molar-refractivity contribution >= 4 is 0 Å². The summed E-state index contributed by atoms with van der Waals surface area (Å²) in [6, 6.07) is 67.1. The van der Waals surface area contributed by atoms with Crippen molar-refractivity contribution in [2.45, 2.75) is 40.0 Å². The van der Waals surface area contributed by atoms with Gasteiger partial charge in [-0.2, -0.15) is 201 Å². The summed E-state index contributed by atoms with van der Waals surface area (Å²) >= 11 is 0. The second-order valence-electron chi connectivity index (χ2n) is 12.1. The van der Waals surface area contributed by atoms with Crippen LogP contribution in [0.2, 0.25) is 0 Å². The van der Waals surface area contributed by atoms with E-state index in [0.29, 0.717) is 0 Å². The number of hydrogen-bond donors (Lipinski definition) is 0. The molecule has 0 nitrogen and oxygen atoms in total. The van der Waals surface area contributed by atoms with Crippen LogP contribution in [0.5, 0.6) is 0 Å². The molecule has 0 radical (unpaired) electrons. The van der Waals surface area contributed by atoms with E-state index in [1.54, 1.807) is 0 Å². The zero-order valence-corrected chi connectivity index (χ0v) is 43.2. The quantitative estimate of drug-likeness (QED) is 0.105. The Hall–Kier alpha value is -4.49. The molecule has 0 bridgehead atoms. The Morgan fingerprint density at radius 1 is 0.317 bits per heavy atom. The largest absolute Gasteiger partial charge is 4.00 e. The molecule has 318 valence electrons. The standard InChI is InChI=1S/3C7H7.3C6H7.3C6H5.3CH3.3Ti/c3*1-7-5-3-2-4-6-7;3*1-6-4-2-3-5-6;3*1-2-4-6-5-3-1;;;;;;/h3*2-6H,1H2;3*2,4H,3H2,1H3;3*1-5H;3*1H3;;;/q12*-1;3*+4. The predicted molar refractivity (Wildman–Crippen MR) is 266 cm³/mol. The Morgan fingerprint density at radius 2 is 0.508 bits per heavy atom. The van der Waals surface area contributed by atoms with Gasteiger partial charge in [-0.15, -0.1) is 55.7 Å². The number of benzene rings is 6. The van der Waals surface area contributed by atoms with Gasteiger partial charge in [-0.1, -0.05) is 39.0 Å². The summed E-state index contributed by atoms with van der Waals surface area (Å²) in [6.45, 7) is 17.3. The normalized spacial score (nSPS) is 10.4. The third-order valence-electron chi connectivity index (χ3n) is 6.95. The summed E-state index contributed by atoms with van der Waals surface area (Å²) in [5.41, 5.74) is 7.03. The van der Waals surface area contributed by atoms with Gasteiger partial charge in [0.1, 0.15) is 0 Å². The molecule has 0 spiro atoms. The van der Waals surface area contributed by atoms with Gasteiger partial charge in [0.25, 0.3) is 0 Å². The van der Waals surface area contributed by atoms with Crippen LogP contribution in [0.1, 0.15) is 56.7 Å². The maximum atomic E-state index is 3.72. The van der Waals surface area contributed by atoms with E-state index in [4.69, 9.17) is 0 Å². The van der Waals surface area contributed by atoms with Crippen LogP contribution in [0.3, 0.4) is 0 Å². The summed E-state index contributed by atoms with van der Waals surface area (Å²) in [4.78, 5) is 0. The van der Waals surface area contributed by atoms with E-state index in [0.717, 1.165) is 36.0 Å². The van der Waals surface area contributed by atoms with Crippen LogP contribution in [0.25, 0.3) is 0 Å². The molecule has 0 aromatic heterocycles. The van der Waals surface area contributed by atoms with Crippen molar-refractivity contribution in [3.8, 4) is 0 Å². The minimum atomic E-state index is 0. The van der Waals surface area contributed by atoms with E-state index in [2.05, 4.69) is 114 Å². The monoisotopic (exact) mass is 930 g/mol. The van der Waals surface area contributed by atoms with E-state index in [-0.39, 0.29) is 87.4 Å². The van der Waals surface area contributed by atoms with Crippen molar-refractivity contribution in [3.05, 3.63) is 331 Å². The molecule has 6 aromatic carbocycles. The Balaban J connectivity index is -0.000000143. The van der Waals surface area contributed by atoms with E-state index < -0.39 is 0 Å². The van der Waals surface area contributed by atoms with E-state index >= 15 is 0 Å². The fourth-order valence-corrected chi connectivity index (χ4v) is 4.00. The van der Waals surface area contributed by atoms with Gasteiger partial charge in [0.2, 0.25) is 0 Å². The summed E-state index contributed by atoms with van der Waals surface area (Å²) in [6.07, 6.45) is 25.0. The van der Waals surface area contributed by atoms with Gasteiger partial charge in [0.15, 0.2) is 0 Å². The predicted octanol–water partition coefficient (Wildman–Crippen LogP) is 16.5. The molecule has 0 amide bonds. The third-order valence-corrected chi connectivity index (χ3v) is 6.95. The Bertz CT molecular complexity index is 1590. The molecule has 0 heterocycles. The van der Waals surface area contributed by atoms with Crippen molar-refractivity contribution in [1.82, 2.24) is 0 Å². The fraction of sp³-hybridized carbons (Fsp3) is 0.100. The zero-order valence-electron chi connectivity index (χ0n) is 38.5. The molecule has 3 heteroatoms. The van der Waals surface area contributed by atoms with Crippen molar-refractivity contribution in [3.63, 3.8) is 0 Å². The number of hydrogen-bond acceptors (Lipinski definition) is 0. The average Bonchev–Trinajstić information content (AvgIpc) is 4.08. The molecule has 0 unspecified atom stereocenters.